The van der Waals surface area contributed by atoms with Crippen LogP contribution in [0.4, 0.5) is 0 Å². The Bertz CT molecular complexity index is 559. The fraction of sp³-hybridized carbons (Fsp3) is 0.562. The van der Waals surface area contributed by atoms with Crippen molar-refractivity contribution >= 4 is 29.1 Å². The first-order valence-corrected chi connectivity index (χ1v) is 8.66. The van der Waals surface area contributed by atoms with Gasteiger partial charge in [0.1, 0.15) is 0 Å². The van der Waals surface area contributed by atoms with E-state index in [1.54, 1.807) is 28.2 Å². The summed E-state index contributed by atoms with van der Waals surface area (Å²) >= 11 is 1.64. The molecule has 2 heterocycles. The molecule has 7 heteroatoms. The summed E-state index contributed by atoms with van der Waals surface area (Å²) < 4.78 is 0. The summed E-state index contributed by atoms with van der Waals surface area (Å²) in [7, 11) is 1.58. The molecular weight excluding hydrogens is 314 g/mol. The number of carbonyl (C=O) groups excluding carboxylic acids is 3. The molecule has 1 N–H and O–H groups in total. The number of nitrogens with one attached hydrogen (secondary N) is 1. The Morgan fingerprint density at radius 2 is 1.96 bits per heavy atom. The maximum Gasteiger partial charge on any atom is 0.226 e. The van der Waals surface area contributed by atoms with Crippen molar-refractivity contribution in [2.75, 3.05) is 33.2 Å². The van der Waals surface area contributed by atoms with Crippen LogP contribution in [-0.4, -0.2) is 60.7 Å². The molecule has 1 aliphatic heterocycles. The summed E-state index contributed by atoms with van der Waals surface area (Å²) in [6.45, 7) is 3.19. The molecular formula is C16H23N3O3S. The Morgan fingerprint density at radius 1 is 1.26 bits per heavy atom. The molecule has 1 unspecified atom stereocenters. The van der Waals surface area contributed by atoms with Crippen LogP contribution >= 0.6 is 11.3 Å². The van der Waals surface area contributed by atoms with E-state index < -0.39 is 0 Å². The molecule has 6 nitrogen and oxygen atoms in total. The van der Waals surface area contributed by atoms with Crippen LogP contribution in [0.5, 0.6) is 0 Å². The Kier molecular flexibility index (Phi) is 6.15. The number of rotatable bonds is 4. The van der Waals surface area contributed by atoms with E-state index in [0.29, 0.717) is 39.0 Å². The molecule has 0 spiro atoms. The van der Waals surface area contributed by atoms with Gasteiger partial charge in [-0.3, -0.25) is 14.4 Å². The third-order valence-corrected chi connectivity index (χ3v) is 5.04. The maximum atomic E-state index is 12.5. The van der Waals surface area contributed by atoms with Gasteiger partial charge in [0.15, 0.2) is 0 Å². The molecule has 0 aromatic carbocycles. The molecule has 0 bridgehead atoms. The Balaban J connectivity index is 2.00. The SMILES string of the molecule is CNC(=O)C1CN(C(C)=O)CCN(C(=O)CCc2cccs2)C1. The number of amides is 3. The Labute approximate surface area is 140 Å². The number of aryl methyl sites for hydroxylation is 1. The molecule has 1 aromatic heterocycles. The van der Waals surface area contributed by atoms with Crippen LogP contribution in [0.1, 0.15) is 18.2 Å². The van der Waals surface area contributed by atoms with Gasteiger partial charge in [0.2, 0.25) is 17.7 Å². The minimum atomic E-state index is -0.378. The minimum absolute atomic E-state index is 0.0395. The predicted octanol–water partition coefficient (Wildman–Crippen LogP) is 0.734. The summed E-state index contributed by atoms with van der Waals surface area (Å²) in [6, 6.07) is 3.99. The summed E-state index contributed by atoms with van der Waals surface area (Å²) in [5.74, 6) is -0.532. The topological polar surface area (TPSA) is 69.7 Å². The van der Waals surface area contributed by atoms with Crippen molar-refractivity contribution in [3.63, 3.8) is 0 Å². The van der Waals surface area contributed by atoms with E-state index in [2.05, 4.69) is 5.32 Å². The number of carbonyl (C=O) groups is 3. The molecule has 23 heavy (non-hydrogen) atoms. The van der Waals surface area contributed by atoms with Crippen LogP contribution < -0.4 is 5.32 Å². The molecule has 1 aliphatic rings. The van der Waals surface area contributed by atoms with Gasteiger partial charge < -0.3 is 15.1 Å². The summed E-state index contributed by atoms with van der Waals surface area (Å²) in [4.78, 5) is 40.7. The smallest absolute Gasteiger partial charge is 0.226 e. The van der Waals surface area contributed by atoms with Crippen molar-refractivity contribution < 1.29 is 14.4 Å². The first-order chi connectivity index (χ1) is 11.0. The van der Waals surface area contributed by atoms with E-state index in [0.717, 1.165) is 0 Å². The van der Waals surface area contributed by atoms with Gasteiger partial charge in [0.05, 0.1) is 5.92 Å². The third kappa shape index (κ3) is 4.79. The summed E-state index contributed by atoms with van der Waals surface area (Å²) in [5.41, 5.74) is 0. The minimum Gasteiger partial charge on any atom is -0.359 e. The summed E-state index contributed by atoms with van der Waals surface area (Å²) in [6.07, 6.45) is 1.15. The molecule has 2 rings (SSSR count). The van der Waals surface area contributed by atoms with Crippen LogP contribution in [-0.2, 0) is 20.8 Å². The fourth-order valence-electron chi connectivity index (χ4n) is 2.74. The zero-order valence-electron chi connectivity index (χ0n) is 13.6. The average Bonchev–Trinajstić information content (AvgIpc) is 2.95. The molecule has 1 atom stereocenters. The van der Waals surface area contributed by atoms with Crippen molar-refractivity contribution in [1.82, 2.24) is 15.1 Å². The molecule has 3 amide bonds. The lowest BCUT2D eigenvalue weighted by atomic mass is 10.1. The van der Waals surface area contributed by atoms with Crippen molar-refractivity contribution in [3.05, 3.63) is 22.4 Å². The molecule has 0 aliphatic carbocycles. The zero-order chi connectivity index (χ0) is 16.8. The lowest BCUT2D eigenvalue weighted by Crippen LogP contribution is -2.42. The van der Waals surface area contributed by atoms with Crippen molar-refractivity contribution in [2.45, 2.75) is 19.8 Å². The molecule has 1 aromatic rings. The van der Waals surface area contributed by atoms with Crippen LogP contribution in [0.2, 0.25) is 0 Å². The quantitative estimate of drug-likeness (QED) is 0.881. The van der Waals surface area contributed by atoms with Crippen LogP contribution in [0.3, 0.4) is 0 Å². The second-order valence-corrected chi connectivity index (χ2v) is 6.73. The van der Waals surface area contributed by atoms with Gasteiger partial charge in [-0.25, -0.2) is 0 Å². The highest BCUT2D eigenvalue weighted by atomic mass is 32.1. The number of hydrogen-bond donors (Lipinski definition) is 1. The molecule has 0 radical (unpaired) electrons. The van der Waals surface area contributed by atoms with E-state index in [4.69, 9.17) is 0 Å². The lowest BCUT2D eigenvalue weighted by Gasteiger charge is -2.23. The second-order valence-electron chi connectivity index (χ2n) is 5.70. The van der Waals surface area contributed by atoms with Gasteiger partial charge in [-0.05, 0) is 17.9 Å². The van der Waals surface area contributed by atoms with Crippen LogP contribution in [0.25, 0.3) is 0 Å². The van der Waals surface area contributed by atoms with E-state index in [1.165, 1.54) is 11.8 Å². The maximum absolute atomic E-state index is 12.5. The first-order valence-electron chi connectivity index (χ1n) is 7.78. The van der Waals surface area contributed by atoms with Gasteiger partial charge in [0, 0.05) is 51.4 Å². The van der Waals surface area contributed by atoms with Crippen molar-refractivity contribution in [2.24, 2.45) is 5.92 Å². The highest BCUT2D eigenvalue weighted by molar-refractivity contribution is 7.09. The van der Waals surface area contributed by atoms with Crippen molar-refractivity contribution in [1.29, 1.82) is 0 Å². The highest BCUT2D eigenvalue weighted by Gasteiger charge is 2.30. The number of hydrogen-bond acceptors (Lipinski definition) is 4. The second kappa shape index (κ2) is 8.10. The van der Waals surface area contributed by atoms with Crippen molar-refractivity contribution in [3.8, 4) is 0 Å². The summed E-state index contributed by atoms with van der Waals surface area (Å²) in [5, 5.41) is 4.62. The Hall–Kier alpha value is -1.89. The molecule has 1 saturated heterocycles. The first kappa shape index (κ1) is 17.5. The van der Waals surface area contributed by atoms with Gasteiger partial charge in [-0.1, -0.05) is 6.07 Å². The predicted molar refractivity (Wildman–Crippen MR) is 89.0 cm³/mol. The number of thiophene rings is 1. The van der Waals surface area contributed by atoms with E-state index in [1.807, 2.05) is 17.5 Å². The normalized spacial score (nSPS) is 18.4. The van der Waals surface area contributed by atoms with E-state index >= 15 is 0 Å². The van der Waals surface area contributed by atoms with E-state index in [-0.39, 0.29) is 23.6 Å². The molecule has 126 valence electrons. The van der Waals surface area contributed by atoms with Gasteiger partial charge >= 0.3 is 0 Å². The monoisotopic (exact) mass is 337 g/mol. The fourth-order valence-corrected chi connectivity index (χ4v) is 3.45. The lowest BCUT2D eigenvalue weighted by molar-refractivity contribution is -0.133. The third-order valence-electron chi connectivity index (χ3n) is 4.10. The Morgan fingerprint density at radius 3 is 2.57 bits per heavy atom. The van der Waals surface area contributed by atoms with Gasteiger partial charge in [0.25, 0.3) is 0 Å². The molecule has 0 saturated carbocycles. The van der Waals surface area contributed by atoms with Gasteiger partial charge in [-0.15, -0.1) is 11.3 Å². The van der Waals surface area contributed by atoms with Crippen LogP contribution in [0.15, 0.2) is 17.5 Å². The molecule has 1 fully saturated rings. The average molecular weight is 337 g/mol. The standard InChI is InChI=1S/C16H23N3O3S/c1-12(20)18-7-8-19(11-13(10-18)16(22)17-2)15(21)6-5-14-4-3-9-23-14/h3-4,9,13H,5-8,10-11H2,1-2H3,(H,17,22). The highest BCUT2D eigenvalue weighted by Crippen LogP contribution is 2.15. The largest absolute Gasteiger partial charge is 0.359 e. The van der Waals surface area contributed by atoms with E-state index in [9.17, 15) is 14.4 Å². The van der Waals surface area contributed by atoms with Gasteiger partial charge in [-0.2, -0.15) is 0 Å². The van der Waals surface area contributed by atoms with Crippen LogP contribution in [0, 0.1) is 5.92 Å². The number of nitrogens with zero attached hydrogens (tertiary/aromatic N) is 2. The zero-order valence-corrected chi connectivity index (χ0v) is 14.4.